The number of hydrogen-bond donors (Lipinski definition) is 1. The molecule has 0 fully saturated rings. The first-order chi connectivity index (χ1) is 19.9. The highest BCUT2D eigenvalue weighted by molar-refractivity contribution is 7.92. The minimum Gasteiger partial charge on any atom is -0.497 e. The molecule has 1 atom stereocenters. The fourth-order valence-corrected chi connectivity index (χ4v) is 6.14. The number of hydrogen-bond acceptors (Lipinski definition) is 5. The monoisotopic (exact) mass is 637 g/mol. The van der Waals surface area contributed by atoms with Gasteiger partial charge in [-0.15, -0.1) is 0 Å². The number of halogens is 3. The summed E-state index contributed by atoms with van der Waals surface area (Å²) in [5, 5.41) is 3.44. The van der Waals surface area contributed by atoms with Crippen molar-refractivity contribution in [2.75, 3.05) is 24.5 Å². The van der Waals surface area contributed by atoms with E-state index in [0.29, 0.717) is 27.9 Å². The molecular weight excluding hydrogens is 604 g/mol. The Bertz CT molecular complexity index is 1470. The number of methoxy groups -OCH3 is 1. The van der Waals surface area contributed by atoms with Crippen molar-refractivity contribution in [1.29, 1.82) is 0 Å². The number of nitrogens with one attached hydrogen (secondary N) is 1. The lowest BCUT2D eigenvalue weighted by molar-refractivity contribution is -0.140. The average Bonchev–Trinajstić information content (AvgIpc) is 2.96. The van der Waals surface area contributed by atoms with Gasteiger partial charge in [-0.2, -0.15) is 0 Å². The van der Waals surface area contributed by atoms with Crippen LogP contribution >= 0.6 is 23.2 Å². The summed E-state index contributed by atoms with van der Waals surface area (Å²) in [4.78, 5) is 28.6. The van der Waals surface area contributed by atoms with E-state index in [1.165, 1.54) is 48.4 Å². The van der Waals surface area contributed by atoms with Gasteiger partial charge in [0.05, 0.1) is 17.7 Å². The van der Waals surface area contributed by atoms with Crippen LogP contribution in [0.4, 0.5) is 10.1 Å². The van der Waals surface area contributed by atoms with Crippen LogP contribution in [0.1, 0.15) is 32.8 Å². The summed E-state index contributed by atoms with van der Waals surface area (Å²) in [6.07, 6.45) is 0.236. The molecule has 0 spiro atoms. The van der Waals surface area contributed by atoms with Crippen LogP contribution in [0.2, 0.25) is 10.0 Å². The first-order valence-corrected chi connectivity index (χ1v) is 15.5. The van der Waals surface area contributed by atoms with Crippen molar-refractivity contribution in [3.8, 4) is 5.75 Å². The minimum atomic E-state index is -4.33. The van der Waals surface area contributed by atoms with Crippen LogP contribution in [0.3, 0.4) is 0 Å². The van der Waals surface area contributed by atoms with E-state index >= 15 is 0 Å². The van der Waals surface area contributed by atoms with Crippen molar-refractivity contribution in [1.82, 2.24) is 10.2 Å². The molecule has 0 unspecified atom stereocenters. The first-order valence-electron chi connectivity index (χ1n) is 13.3. The van der Waals surface area contributed by atoms with Crippen LogP contribution in [0.5, 0.6) is 5.75 Å². The quantitative estimate of drug-likeness (QED) is 0.251. The minimum absolute atomic E-state index is 0.0635. The summed E-state index contributed by atoms with van der Waals surface area (Å²) < 4.78 is 47.6. The second-order valence-electron chi connectivity index (χ2n) is 9.95. The molecule has 3 aromatic carbocycles. The van der Waals surface area contributed by atoms with Crippen LogP contribution < -0.4 is 14.4 Å². The summed E-state index contributed by atoms with van der Waals surface area (Å²) in [7, 11) is -2.88. The maximum atomic E-state index is 14.1. The second kappa shape index (κ2) is 14.7. The largest absolute Gasteiger partial charge is 0.497 e. The Hall–Kier alpha value is -3.34. The van der Waals surface area contributed by atoms with Gasteiger partial charge in [0, 0.05) is 28.7 Å². The topological polar surface area (TPSA) is 96.0 Å². The zero-order valence-corrected chi connectivity index (χ0v) is 26.1. The summed E-state index contributed by atoms with van der Waals surface area (Å²) in [5.41, 5.74) is 0.476. The van der Waals surface area contributed by atoms with Crippen LogP contribution in [0.25, 0.3) is 0 Å². The van der Waals surface area contributed by atoms with Gasteiger partial charge in [-0.25, -0.2) is 12.8 Å². The Morgan fingerprint density at radius 3 is 2.10 bits per heavy atom. The number of benzene rings is 3. The normalized spacial score (nSPS) is 12.1. The summed E-state index contributed by atoms with van der Waals surface area (Å²) in [6, 6.07) is 14.3. The molecule has 2 amide bonds. The molecule has 8 nitrogen and oxygen atoms in total. The molecule has 0 aliphatic rings. The number of carbonyl (C=O) groups excluding carboxylic acids is 2. The Labute approximate surface area is 256 Å². The van der Waals surface area contributed by atoms with Gasteiger partial charge in [0.15, 0.2) is 0 Å². The van der Waals surface area contributed by atoms with Crippen molar-refractivity contribution in [2.45, 2.75) is 44.7 Å². The van der Waals surface area contributed by atoms with E-state index in [9.17, 15) is 22.4 Å². The third-order valence-corrected chi connectivity index (χ3v) is 9.00. The molecule has 0 heterocycles. The molecule has 0 aliphatic heterocycles. The summed E-state index contributed by atoms with van der Waals surface area (Å²) in [6.45, 7) is 5.19. The van der Waals surface area contributed by atoms with Crippen LogP contribution in [0.15, 0.2) is 71.6 Å². The van der Waals surface area contributed by atoms with E-state index in [2.05, 4.69) is 5.32 Å². The highest BCUT2D eigenvalue weighted by atomic mass is 35.5. The molecule has 1 N–H and O–H groups in total. The van der Waals surface area contributed by atoms with Gasteiger partial charge in [-0.3, -0.25) is 13.9 Å². The maximum Gasteiger partial charge on any atom is 0.264 e. The van der Waals surface area contributed by atoms with Gasteiger partial charge in [0.25, 0.3) is 10.0 Å². The predicted octanol–water partition coefficient (Wildman–Crippen LogP) is 5.92. The molecule has 0 bridgehead atoms. The highest BCUT2D eigenvalue weighted by Gasteiger charge is 2.34. The van der Waals surface area contributed by atoms with Crippen molar-refractivity contribution in [3.05, 3.63) is 88.2 Å². The van der Waals surface area contributed by atoms with Gasteiger partial charge in [0.2, 0.25) is 11.8 Å². The molecule has 0 aromatic heterocycles. The molecule has 0 radical (unpaired) electrons. The number of ether oxygens (including phenoxy) is 1. The van der Waals surface area contributed by atoms with Gasteiger partial charge in [-0.1, -0.05) is 50.0 Å². The molecule has 3 aromatic rings. The Balaban J connectivity index is 2.08. The third kappa shape index (κ3) is 8.14. The van der Waals surface area contributed by atoms with E-state index in [4.69, 9.17) is 27.9 Å². The lowest BCUT2D eigenvalue weighted by Gasteiger charge is -2.33. The van der Waals surface area contributed by atoms with Gasteiger partial charge in [-0.05, 0) is 73.0 Å². The zero-order valence-electron chi connectivity index (χ0n) is 23.8. The number of sulfonamides is 1. The Kier molecular flexibility index (Phi) is 11.6. The molecule has 0 aliphatic carbocycles. The molecule has 0 saturated heterocycles. The van der Waals surface area contributed by atoms with Crippen molar-refractivity contribution in [2.24, 2.45) is 5.92 Å². The van der Waals surface area contributed by atoms with Crippen LogP contribution in [-0.4, -0.2) is 51.4 Å². The second-order valence-corrected chi connectivity index (χ2v) is 12.6. The standard InChI is InChI=1S/C30H34Cl2FN3O5S/c1-5-28(30(38)34-17-20(2)3)35(18-25-26(31)7-6-8-27(25)32)29(37)19-36(22-11-9-21(33)10-12-22)42(39,40)24-15-13-23(41-4)14-16-24/h6-16,20,28H,5,17-19H2,1-4H3,(H,34,38)/t28-/m0/s1. The van der Waals surface area contributed by atoms with Crippen LogP contribution in [0, 0.1) is 11.7 Å². The van der Waals surface area contributed by atoms with E-state index in [0.717, 1.165) is 16.4 Å². The fraction of sp³-hybridized carbons (Fsp3) is 0.333. The number of rotatable bonds is 13. The van der Waals surface area contributed by atoms with Gasteiger partial charge >= 0.3 is 0 Å². The van der Waals surface area contributed by atoms with E-state index in [-0.39, 0.29) is 29.5 Å². The molecule has 3 rings (SSSR count). The average molecular weight is 639 g/mol. The SMILES string of the molecule is CC[C@@H](C(=O)NCC(C)C)N(Cc1c(Cl)cccc1Cl)C(=O)CN(c1ccc(F)cc1)S(=O)(=O)c1ccc(OC)cc1. The van der Waals surface area contributed by atoms with Crippen molar-refractivity contribution in [3.63, 3.8) is 0 Å². The lowest BCUT2D eigenvalue weighted by Crippen LogP contribution is -2.52. The highest BCUT2D eigenvalue weighted by Crippen LogP contribution is 2.29. The van der Waals surface area contributed by atoms with E-state index < -0.39 is 40.2 Å². The van der Waals surface area contributed by atoms with Gasteiger partial charge < -0.3 is 15.0 Å². The van der Waals surface area contributed by atoms with Crippen molar-refractivity contribution >= 4 is 50.7 Å². The van der Waals surface area contributed by atoms with Crippen molar-refractivity contribution < 1.29 is 27.1 Å². The summed E-state index contributed by atoms with van der Waals surface area (Å²) >= 11 is 12.9. The molecular formula is C30H34Cl2FN3O5S. The number of nitrogens with zero attached hydrogens (tertiary/aromatic N) is 2. The molecule has 0 saturated carbocycles. The Morgan fingerprint density at radius 2 is 1.57 bits per heavy atom. The molecule has 42 heavy (non-hydrogen) atoms. The fourth-order valence-electron chi connectivity index (χ4n) is 4.21. The third-order valence-electron chi connectivity index (χ3n) is 6.50. The van der Waals surface area contributed by atoms with E-state index in [1.807, 2.05) is 13.8 Å². The first kappa shape index (κ1) is 33.2. The predicted molar refractivity (Wildman–Crippen MR) is 163 cm³/mol. The zero-order chi connectivity index (χ0) is 31.0. The molecule has 12 heteroatoms. The number of carbonyl (C=O) groups is 2. The lowest BCUT2D eigenvalue weighted by atomic mass is 10.1. The van der Waals surface area contributed by atoms with Crippen LogP contribution in [-0.2, 0) is 26.2 Å². The smallest absolute Gasteiger partial charge is 0.264 e. The maximum absolute atomic E-state index is 14.1. The Morgan fingerprint density at radius 1 is 0.976 bits per heavy atom. The van der Waals surface area contributed by atoms with E-state index in [1.54, 1.807) is 25.1 Å². The molecule has 226 valence electrons. The number of amides is 2. The van der Waals surface area contributed by atoms with Gasteiger partial charge in [0.1, 0.15) is 24.2 Å². The summed E-state index contributed by atoms with van der Waals surface area (Å²) in [5.74, 6) is -1.04. The number of anilines is 1.